The van der Waals surface area contributed by atoms with Gasteiger partial charge in [-0.05, 0) is 44.0 Å². The van der Waals surface area contributed by atoms with Gasteiger partial charge < -0.3 is 10.6 Å². The summed E-state index contributed by atoms with van der Waals surface area (Å²) < 4.78 is 0. The van der Waals surface area contributed by atoms with Crippen molar-refractivity contribution in [1.82, 2.24) is 15.3 Å². The second-order valence-electron chi connectivity index (χ2n) is 5.20. The highest BCUT2D eigenvalue weighted by molar-refractivity contribution is 6.30. The van der Waals surface area contributed by atoms with Gasteiger partial charge in [0.25, 0.3) is 5.91 Å². The Balaban J connectivity index is 1.89. The van der Waals surface area contributed by atoms with Crippen molar-refractivity contribution in [3.8, 4) is 0 Å². The van der Waals surface area contributed by atoms with E-state index >= 15 is 0 Å². The number of aromatic nitrogens is 2. The summed E-state index contributed by atoms with van der Waals surface area (Å²) >= 11 is 5.93. The van der Waals surface area contributed by atoms with E-state index in [1.807, 2.05) is 38.1 Å². The fourth-order valence-electron chi connectivity index (χ4n) is 1.92. The molecule has 1 aromatic heterocycles. The zero-order valence-corrected chi connectivity index (χ0v) is 13.4. The van der Waals surface area contributed by atoms with Gasteiger partial charge in [-0.25, -0.2) is 9.97 Å². The van der Waals surface area contributed by atoms with E-state index in [4.69, 9.17) is 11.6 Å². The Labute approximate surface area is 135 Å². The fraction of sp³-hybridized carbons (Fsp3) is 0.312. The lowest BCUT2D eigenvalue weighted by Crippen LogP contribution is -2.27. The molecule has 22 heavy (non-hydrogen) atoms. The van der Waals surface area contributed by atoms with Crippen molar-refractivity contribution in [1.29, 1.82) is 0 Å². The Morgan fingerprint density at radius 3 is 2.86 bits per heavy atom. The molecular weight excluding hydrogens is 300 g/mol. The molecule has 0 radical (unpaired) electrons. The Bertz CT molecular complexity index is 646. The molecule has 0 aliphatic rings. The number of anilines is 1. The molecule has 0 atom stereocenters. The molecule has 1 amide bonds. The molecule has 1 aromatic carbocycles. The summed E-state index contributed by atoms with van der Waals surface area (Å²) in [6.07, 6.45) is 2.29. The minimum atomic E-state index is -0.212. The summed E-state index contributed by atoms with van der Waals surface area (Å²) in [7, 11) is 0. The SMILES string of the molecule is CC(C)Nc1nccc(C(=O)NCCc2cccc(Cl)c2)n1. The average Bonchev–Trinajstić information content (AvgIpc) is 2.47. The average molecular weight is 319 g/mol. The summed E-state index contributed by atoms with van der Waals surface area (Å²) in [6.45, 7) is 4.50. The van der Waals surface area contributed by atoms with E-state index in [0.29, 0.717) is 29.6 Å². The molecular formula is C16H19ClN4O. The van der Waals surface area contributed by atoms with Gasteiger partial charge in [-0.2, -0.15) is 0 Å². The van der Waals surface area contributed by atoms with Crippen molar-refractivity contribution in [3.63, 3.8) is 0 Å². The summed E-state index contributed by atoms with van der Waals surface area (Å²) in [4.78, 5) is 20.4. The van der Waals surface area contributed by atoms with E-state index in [0.717, 1.165) is 5.56 Å². The number of hydrogen-bond acceptors (Lipinski definition) is 4. The van der Waals surface area contributed by atoms with Gasteiger partial charge in [0.05, 0.1) is 0 Å². The van der Waals surface area contributed by atoms with Crippen molar-refractivity contribution >= 4 is 23.5 Å². The molecule has 116 valence electrons. The van der Waals surface area contributed by atoms with Gasteiger partial charge in [0.1, 0.15) is 5.69 Å². The molecule has 1 heterocycles. The molecule has 0 bridgehead atoms. The van der Waals surface area contributed by atoms with Crippen molar-refractivity contribution in [3.05, 3.63) is 52.8 Å². The highest BCUT2D eigenvalue weighted by atomic mass is 35.5. The second kappa shape index (κ2) is 7.75. The van der Waals surface area contributed by atoms with Crippen LogP contribution >= 0.6 is 11.6 Å². The maximum atomic E-state index is 12.1. The monoisotopic (exact) mass is 318 g/mol. The topological polar surface area (TPSA) is 66.9 Å². The molecule has 2 N–H and O–H groups in total. The normalized spacial score (nSPS) is 10.5. The summed E-state index contributed by atoms with van der Waals surface area (Å²) in [5.74, 6) is 0.244. The molecule has 0 spiro atoms. The Morgan fingerprint density at radius 2 is 2.14 bits per heavy atom. The fourth-order valence-corrected chi connectivity index (χ4v) is 2.13. The first kappa shape index (κ1) is 16.2. The standard InChI is InChI=1S/C16H19ClN4O/c1-11(2)20-16-19-9-7-14(21-16)15(22)18-8-6-12-4-3-5-13(17)10-12/h3-5,7,9-11H,6,8H2,1-2H3,(H,18,22)(H,19,20,21). The zero-order valence-electron chi connectivity index (χ0n) is 12.6. The molecule has 0 fully saturated rings. The molecule has 2 rings (SSSR count). The lowest BCUT2D eigenvalue weighted by molar-refractivity contribution is 0.0949. The molecule has 0 unspecified atom stereocenters. The largest absolute Gasteiger partial charge is 0.352 e. The van der Waals surface area contributed by atoms with Crippen LogP contribution in [0.4, 0.5) is 5.95 Å². The van der Waals surface area contributed by atoms with Crippen LogP contribution in [0.3, 0.4) is 0 Å². The van der Waals surface area contributed by atoms with Crippen LogP contribution in [0, 0.1) is 0 Å². The van der Waals surface area contributed by atoms with Crippen LogP contribution < -0.4 is 10.6 Å². The van der Waals surface area contributed by atoms with Crippen LogP contribution in [-0.4, -0.2) is 28.5 Å². The smallest absolute Gasteiger partial charge is 0.270 e. The van der Waals surface area contributed by atoms with Crippen LogP contribution in [0.1, 0.15) is 29.9 Å². The number of rotatable bonds is 6. The maximum Gasteiger partial charge on any atom is 0.270 e. The first-order valence-corrected chi connectivity index (χ1v) is 7.54. The van der Waals surface area contributed by atoms with Gasteiger partial charge in [0, 0.05) is 23.8 Å². The quantitative estimate of drug-likeness (QED) is 0.859. The number of halogens is 1. The highest BCUT2D eigenvalue weighted by Crippen LogP contribution is 2.10. The third-order valence-corrected chi connectivity index (χ3v) is 3.13. The number of amides is 1. The van der Waals surface area contributed by atoms with Gasteiger partial charge in [-0.1, -0.05) is 23.7 Å². The van der Waals surface area contributed by atoms with E-state index in [2.05, 4.69) is 20.6 Å². The number of nitrogens with one attached hydrogen (secondary N) is 2. The summed E-state index contributed by atoms with van der Waals surface area (Å²) in [5.41, 5.74) is 1.43. The molecule has 0 saturated carbocycles. The van der Waals surface area contributed by atoms with Crippen LogP contribution in [0.15, 0.2) is 36.5 Å². The van der Waals surface area contributed by atoms with Crippen LogP contribution in [0.2, 0.25) is 5.02 Å². The lowest BCUT2D eigenvalue weighted by atomic mass is 10.1. The predicted molar refractivity (Wildman–Crippen MR) is 88.3 cm³/mol. The Kier molecular flexibility index (Phi) is 5.72. The Hall–Kier alpha value is -2.14. The third kappa shape index (κ3) is 5.00. The number of carbonyl (C=O) groups excluding carboxylic acids is 1. The highest BCUT2D eigenvalue weighted by Gasteiger charge is 2.08. The third-order valence-electron chi connectivity index (χ3n) is 2.89. The van der Waals surface area contributed by atoms with Gasteiger partial charge in [0.15, 0.2) is 0 Å². The van der Waals surface area contributed by atoms with Crippen molar-refractivity contribution < 1.29 is 4.79 Å². The van der Waals surface area contributed by atoms with E-state index < -0.39 is 0 Å². The van der Waals surface area contributed by atoms with Crippen LogP contribution in [-0.2, 0) is 6.42 Å². The van der Waals surface area contributed by atoms with E-state index in [1.54, 1.807) is 12.3 Å². The summed E-state index contributed by atoms with van der Waals surface area (Å²) in [5, 5.41) is 6.62. The van der Waals surface area contributed by atoms with E-state index in [9.17, 15) is 4.79 Å². The predicted octanol–water partition coefficient (Wildman–Crippen LogP) is 2.92. The molecule has 0 saturated heterocycles. The van der Waals surface area contributed by atoms with Gasteiger partial charge in [-0.3, -0.25) is 4.79 Å². The Morgan fingerprint density at radius 1 is 1.32 bits per heavy atom. The van der Waals surface area contributed by atoms with Gasteiger partial charge in [0.2, 0.25) is 5.95 Å². The molecule has 5 nitrogen and oxygen atoms in total. The maximum absolute atomic E-state index is 12.1. The van der Waals surface area contributed by atoms with E-state index in [-0.39, 0.29) is 11.9 Å². The lowest BCUT2D eigenvalue weighted by Gasteiger charge is -2.09. The molecule has 0 aliphatic carbocycles. The van der Waals surface area contributed by atoms with Crippen molar-refractivity contribution in [2.24, 2.45) is 0 Å². The van der Waals surface area contributed by atoms with E-state index in [1.165, 1.54) is 0 Å². The van der Waals surface area contributed by atoms with Crippen LogP contribution in [0.5, 0.6) is 0 Å². The first-order valence-electron chi connectivity index (χ1n) is 7.17. The molecule has 2 aromatic rings. The van der Waals surface area contributed by atoms with Crippen molar-refractivity contribution in [2.45, 2.75) is 26.3 Å². The first-order chi connectivity index (χ1) is 10.5. The van der Waals surface area contributed by atoms with Crippen molar-refractivity contribution in [2.75, 3.05) is 11.9 Å². The summed E-state index contributed by atoms with van der Waals surface area (Å²) in [6, 6.07) is 9.40. The van der Waals surface area contributed by atoms with Crippen LogP contribution in [0.25, 0.3) is 0 Å². The zero-order chi connectivity index (χ0) is 15.9. The molecule has 6 heteroatoms. The van der Waals surface area contributed by atoms with Gasteiger partial charge >= 0.3 is 0 Å². The number of hydrogen-bond donors (Lipinski definition) is 2. The number of carbonyl (C=O) groups is 1. The second-order valence-corrected chi connectivity index (χ2v) is 5.64. The number of nitrogens with zero attached hydrogens (tertiary/aromatic N) is 2. The minimum absolute atomic E-state index is 0.209. The van der Waals surface area contributed by atoms with Gasteiger partial charge in [-0.15, -0.1) is 0 Å². The minimum Gasteiger partial charge on any atom is -0.352 e. The number of benzene rings is 1. The molecule has 0 aliphatic heterocycles.